The number of esters is 2. The standard InChI is InChI=1S/C36H52N2O5/c1-33(2)20-28(21-34(3,4)37(33)24-26-15-11-9-12-16-26)42-31(40)19-30(39)32(41)43-29-22-35(5,6)38(36(7,8)23-29)25-27-17-13-10-14-18-27/h9-18,28-30,39H,19-25H2,1-8H3. The summed E-state index contributed by atoms with van der Waals surface area (Å²) in [6.07, 6.45) is -0.0173. The zero-order chi connectivity index (χ0) is 31.6. The maximum Gasteiger partial charge on any atom is 0.335 e. The molecule has 4 rings (SSSR count). The van der Waals surface area contributed by atoms with Crippen LogP contribution in [0.15, 0.2) is 60.7 Å². The fraction of sp³-hybridized carbons (Fsp3) is 0.611. The molecule has 0 amide bonds. The van der Waals surface area contributed by atoms with Gasteiger partial charge in [0.15, 0.2) is 6.10 Å². The van der Waals surface area contributed by atoms with E-state index in [2.05, 4.69) is 102 Å². The average molecular weight is 593 g/mol. The van der Waals surface area contributed by atoms with Gasteiger partial charge in [-0.25, -0.2) is 4.79 Å². The molecule has 2 saturated heterocycles. The van der Waals surface area contributed by atoms with Crippen LogP contribution in [0.1, 0.15) is 98.6 Å². The number of nitrogens with zero attached hydrogens (tertiary/aromatic N) is 2. The molecule has 0 aliphatic carbocycles. The van der Waals surface area contributed by atoms with Crippen molar-refractivity contribution >= 4 is 11.9 Å². The molecule has 2 aromatic carbocycles. The van der Waals surface area contributed by atoms with Crippen molar-refractivity contribution in [2.75, 3.05) is 0 Å². The van der Waals surface area contributed by atoms with Crippen molar-refractivity contribution < 1.29 is 24.2 Å². The molecule has 1 unspecified atom stereocenters. The van der Waals surface area contributed by atoms with Crippen LogP contribution in [-0.2, 0) is 32.2 Å². The number of aliphatic hydroxyl groups is 1. The van der Waals surface area contributed by atoms with E-state index in [1.807, 2.05) is 24.3 Å². The highest BCUT2D eigenvalue weighted by Gasteiger charge is 2.48. The molecule has 1 N–H and O–H groups in total. The summed E-state index contributed by atoms with van der Waals surface area (Å²) in [7, 11) is 0. The van der Waals surface area contributed by atoms with E-state index in [9.17, 15) is 14.7 Å². The van der Waals surface area contributed by atoms with Crippen molar-refractivity contribution in [2.24, 2.45) is 0 Å². The second kappa shape index (κ2) is 12.7. The molecule has 7 heteroatoms. The van der Waals surface area contributed by atoms with E-state index in [4.69, 9.17) is 9.47 Å². The van der Waals surface area contributed by atoms with Crippen LogP contribution < -0.4 is 0 Å². The monoisotopic (exact) mass is 592 g/mol. The van der Waals surface area contributed by atoms with Crippen LogP contribution in [0.3, 0.4) is 0 Å². The van der Waals surface area contributed by atoms with Gasteiger partial charge < -0.3 is 14.6 Å². The van der Waals surface area contributed by atoms with Gasteiger partial charge in [0.05, 0.1) is 6.42 Å². The molecule has 1 atom stereocenters. The first kappa shape index (κ1) is 33.2. The summed E-state index contributed by atoms with van der Waals surface area (Å²) in [4.78, 5) is 30.8. The molecule has 2 aliphatic rings. The van der Waals surface area contributed by atoms with Crippen LogP contribution in [-0.4, -0.2) is 67.3 Å². The molecule has 0 saturated carbocycles. The van der Waals surface area contributed by atoms with Crippen LogP contribution >= 0.6 is 0 Å². The van der Waals surface area contributed by atoms with Crippen LogP contribution in [0.4, 0.5) is 0 Å². The van der Waals surface area contributed by atoms with Gasteiger partial charge in [-0.05, 0) is 66.5 Å². The Morgan fingerprint density at radius 3 is 1.40 bits per heavy atom. The topological polar surface area (TPSA) is 79.3 Å². The highest BCUT2D eigenvalue weighted by atomic mass is 16.6. The maximum atomic E-state index is 13.0. The summed E-state index contributed by atoms with van der Waals surface area (Å²) in [5.74, 6) is -1.33. The lowest BCUT2D eigenvalue weighted by molar-refractivity contribution is -0.177. The normalized spacial score (nSPS) is 22.9. The second-order valence-corrected chi connectivity index (χ2v) is 15.1. The highest BCUT2D eigenvalue weighted by Crippen LogP contribution is 2.42. The largest absolute Gasteiger partial charge is 0.462 e. The third kappa shape index (κ3) is 8.25. The fourth-order valence-electron chi connectivity index (χ4n) is 7.73. The van der Waals surface area contributed by atoms with Crippen molar-refractivity contribution in [3.63, 3.8) is 0 Å². The molecule has 0 bridgehead atoms. The number of carbonyl (C=O) groups excluding carboxylic acids is 2. The number of hydrogen-bond acceptors (Lipinski definition) is 7. The number of carbonyl (C=O) groups is 2. The molecule has 0 aromatic heterocycles. The van der Waals surface area contributed by atoms with Crippen LogP contribution in [0.5, 0.6) is 0 Å². The van der Waals surface area contributed by atoms with Crippen LogP contribution in [0.25, 0.3) is 0 Å². The molecule has 2 fully saturated rings. The zero-order valence-corrected chi connectivity index (χ0v) is 27.4. The number of piperidine rings is 2. The SMILES string of the molecule is CC1(C)CC(OC(=O)CC(O)C(=O)OC2CC(C)(C)N(Cc3ccccc3)C(C)(C)C2)CC(C)(C)N1Cc1ccccc1. The van der Waals surface area contributed by atoms with Crippen LogP contribution in [0, 0.1) is 0 Å². The lowest BCUT2D eigenvalue weighted by atomic mass is 9.77. The summed E-state index contributed by atoms with van der Waals surface area (Å²) >= 11 is 0. The number of hydrogen-bond donors (Lipinski definition) is 1. The first-order chi connectivity index (χ1) is 20.0. The van der Waals surface area contributed by atoms with Crippen molar-refractivity contribution in [2.45, 2.75) is 141 Å². The first-order valence-electron chi connectivity index (χ1n) is 15.7. The second-order valence-electron chi connectivity index (χ2n) is 15.1. The van der Waals surface area contributed by atoms with E-state index in [1.54, 1.807) is 0 Å². The minimum absolute atomic E-state index is 0.213. The summed E-state index contributed by atoms with van der Waals surface area (Å²) < 4.78 is 11.7. The number of aliphatic hydroxyl groups excluding tert-OH is 1. The minimum atomic E-state index is -1.56. The highest BCUT2D eigenvalue weighted by molar-refractivity contribution is 5.81. The molecule has 236 valence electrons. The Morgan fingerprint density at radius 1 is 0.674 bits per heavy atom. The predicted octanol–water partition coefficient (Wildman–Crippen LogP) is 6.27. The van der Waals surface area contributed by atoms with E-state index < -0.39 is 24.5 Å². The van der Waals surface area contributed by atoms with Gasteiger partial charge in [0.2, 0.25) is 0 Å². The number of likely N-dealkylation sites (tertiary alicyclic amines) is 2. The molecule has 2 heterocycles. The van der Waals surface area contributed by atoms with Gasteiger partial charge in [-0.2, -0.15) is 0 Å². The van der Waals surface area contributed by atoms with Gasteiger partial charge in [0.1, 0.15) is 12.2 Å². The van der Waals surface area contributed by atoms with Gasteiger partial charge in [-0.3, -0.25) is 14.6 Å². The van der Waals surface area contributed by atoms with Crippen molar-refractivity contribution in [1.29, 1.82) is 0 Å². The van der Waals surface area contributed by atoms with Gasteiger partial charge in [0.25, 0.3) is 0 Å². The zero-order valence-electron chi connectivity index (χ0n) is 27.4. The molecule has 43 heavy (non-hydrogen) atoms. The third-order valence-electron chi connectivity index (χ3n) is 9.41. The summed E-state index contributed by atoms with van der Waals surface area (Å²) in [6.45, 7) is 19.0. The lowest BCUT2D eigenvalue weighted by Gasteiger charge is -2.55. The average Bonchev–Trinajstić information content (AvgIpc) is 2.88. The molecular formula is C36H52N2O5. The number of rotatable bonds is 9. The lowest BCUT2D eigenvalue weighted by Crippen LogP contribution is -2.62. The van der Waals surface area contributed by atoms with Gasteiger partial charge >= 0.3 is 11.9 Å². The molecular weight excluding hydrogens is 540 g/mol. The van der Waals surface area contributed by atoms with E-state index >= 15 is 0 Å². The molecule has 7 nitrogen and oxygen atoms in total. The first-order valence-corrected chi connectivity index (χ1v) is 15.7. The van der Waals surface area contributed by atoms with Crippen LogP contribution in [0.2, 0.25) is 0 Å². The smallest absolute Gasteiger partial charge is 0.335 e. The number of benzene rings is 2. The Kier molecular flexibility index (Phi) is 9.80. The van der Waals surface area contributed by atoms with E-state index in [-0.39, 0.29) is 34.4 Å². The fourth-order valence-corrected chi connectivity index (χ4v) is 7.73. The van der Waals surface area contributed by atoms with Gasteiger partial charge in [-0.1, -0.05) is 60.7 Å². The molecule has 0 radical (unpaired) electrons. The summed E-state index contributed by atoms with van der Waals surface area (Å²) in [5, 5.41) is 10.7. The van der Waals surface area contributed by atoms with Gasteiger partial charge in [0, 0.05) is 60.9 Å². The Balaban J connectivity index is 1.30. The maximum absolute atomic E-state index is 13.0. The number of ether oxygens (including phenoxy) is 2. The Hall–Kier alpha value is -2.74. The van der Waals surface area contributed by atoms with Crippen molar-refractivity contribution in [3.05, 3.63) is 71.8 Å². The Labute approximate surface area is 258 Å². The Bertz CT molecular complexity index is 1200. The third-order valence-corrected chi connectivity index (χ3v) is 9.41. The predicted molar refractivity (Wildman–Crippen MR) is 169 cm³/mol. The van der Waals surface area contributed by atoms with E-state index in [0.29, 0.717) is 25.7 Å². The molecule has 2 aromatic rings. The quantitative estimate of drug-likeness (QED) is 0.344. The van der Waals surface area contributed by atoms with E-state index in [1.165, 1.54) is 11.1 Å². The minimum Gasteiger partial charge on any atom is -0.462 e. The van der Waals surface area contributed by atoms with E-state index in [0.717, 1.165) is 13.1 Å². The summed E-state index contributed by atoms with van der Waals surface area (Å²) in [5.41, 5.74) is 1.59. The molecule has 2 aliphatic heterocycles. The van der Waals surface area contributed by atoms with Crippen molar-refractivity contribution in [3.8, 4) is 0 Å². The molecule has 0 spiro atoms. The van der Waals surface area contributed by atoms with Gasteiger partial charge in [-0.15, -0.1) is 0 Å². The summed E-state index contributed by atoms with van der Waals surface area (Å²) in [6, 6.07) is 20.8. The van der Waals surface area contributed by atoms with Crippen molar-refractivity contribution in [1.82, 2.24) is 9.80 Å². The Morgan fingerprint density at radius 2 is 1.02 bits per heavy atom.